The molecule has 0 unspecified atom stereocenters. The Morgan fingerprint density at radius 1 is 0.952 bits per heavy atom. The Labute approximate surface area is 124 Å². The zero-order valence-electron chi connectivity index (χ0n) is 12.4. The number of rotatable bonds is 3. The fraction of sp³-hybridized carbons (Fsp3) is 0.800. The van der Waals surface area contributed by atoms with Crippen molar-refractivity contribution in [2.45, 2.75) is 57.8 Å². The molecule has 2 fully saturated rings. The van der Waals surface area contributed by atoms with E-state index in [2.05, 4.69) is 5.32 Å². The molecular weight excluding hydrogens is 272 g/mol. The highest BCUT2D eigenvalue weighted by atomic mass is 16.4. The van der Waals surface area contributed by atoms with E-state index in [-0.39, 0.29) is 18.9 Å². The molecule has 2 aliphatic rings. The average Bonchev–Trinajstić information content (AvgIpc) is 2.46. The summed E-state index contributed by atoms with van der Waals surface area (Å²) in [6, 6.07) is -0.379. The van der Waals surface area contributed by atoms with Gasteiger partial charge in [-0.2, -0.15) is 0 Å². The summed E-state index contributed by atoms with van der Waals surface area (Å²) in [6.45, 7) is 1.39. The smallest absolute Gasteiger partial charge is 0.324 e. The number of urea groups is 1. The third kappa shape index (κ3) is 4.44. The average molecular weight is 296 g/mol. The molecule has 0 bridgehead atoms. The van der Waals surface area contributed by atoms with E-state index in [9.17, 15) is 14.4 Å². The van der Waals surface area contributed by atoms with Crippen molar-refractivity contribution in [1.29, 1.82) is 0 Å². The molecule has 1 aliphatic carbocycles. The maximum absolute atomic E-state index is 12.0. The van der Waals surface area contributed by atoms with E-state index in [0.29, 0.717) is 18.5 Å². The van der Waals surface area contributed by atoms with Gasteiger partial charge >= 0.3 is 12.0 Å². The van der Waals surface area contributed by atoms with Crippen molar-refractivity contribution >= 4 is 17.9 Å². The number of carboxylic acids is 1. The van der Waals surface area contributed by atoms with Crippen LogP contribution in [0.25, 0.3) is 0 Å². The van der Waals surface area contributed by atoms with Gasteiger partial charge in [0.2, 0.25) is 5.91 Å². The van der Waals surface area contributed by atoms with Gasteiger partial charge in [0.05, 0.1) is 6.42 Å². The number of carboxylic acid groups (broad SMARTS) is 1. The van der Waals surface area contributed by atoms with Crippen molar-refractivity contribution in [3.05, 3.63) is 0 Å². The number of amides is 3. The summed E-state index contributed by atoms with van der Waals surface area (Å²) in [5.41, 5.74) is 0.419. The Balaban J connectivity index is 1.75. The number of likely N-dealkylation sites (tertiary alicyclic amines) is 1. The number of nitrogens with one attached hydrogen (secondary N) is 1. The van der Waals surface area contributed by atoms with E-state index < -0.39 is 11.9 Å². The SMILES string of the molecule is O=C(O)CCC(=O)NC(=O)N1CCC2(CCCCC2)CC1. The number of hydrogen-bond acceptors (Lipinski definition) is 3. The Hall–Kier alpha value is -1.59. The van der Waals surface area contributed by atoms with Gasteiger partial charge in [-0.25, -0.2) is 4.79 Å². The molecule has 1 aliphatic heterocycles. The van der Waals surface area contributed by atoms with Gasteiger partial charge in [0, 0.05) is 19.5 Å². The molecule has 0 aromatic carbocycles. The molecule has 2 rings (SSSR count). The molecule has 1 heterocycles. The van der Waals surface area contributed by atoms with Gasteiger partial charge in [-0.15, -0.1) is 0 Å². The summed E-state index contributed by atoms with van der Waals surface area (Å²) in [6.07, 6.45) is 8.07. The Kier molecular flexibility index (Phi) is 5.20. The Morgan fingerprint density at radius 3 is 2.14 bits per heavy atom. The highest BCUT2D eigenvalue weighted by molar-refractivity contribution is 5.95. The molecule has 118 valence electrons. The third-order valence-electron chi connectivity index (χ3n) is 4.84. The topological polar surface area (TPSA) is 86.7 Å². The van der Waals surface area contributed by atoms with Crippen molar-refractivity contribution in [3.63, 3.8) is 0 Å². The monoisotopic (exact) mass is 296 g/mol. The van der Waals surface area contributed by atoms with Gasteiger partial charge in [0.25, 0.3) is 0 Å². The van der Waals surface area contributed by atoms with Crippen molar-refractivity contribution < 1.29 is 19.5 Å². The van der Waals surface area contributed by atoms with Crippen molar-refractivity contribution in [1.82, 2.24) is 10.2 Å². The minimum Gasteiger partial charge on any atom is -0.481 e. The second-order valence-electron chi connectivity index (χ2n) is 6.29. The second kappa shape index (κ2) is 6.91. The lowest BCUT2D eigenvalue weighted by molar-refractivity contribution is -0.138. The highest BCUT2D eigenvalue weighted by Crippen LogP contribution is 2.44. The van der Waals surface area contributed by atoms with E-state index >= 15 is 0 Å². The van der Waals surface area contributed by atoms with E-state index in [1.807, 2.05) is 0 Å². The van der Waals surface area contributed by atoms with Crippen LogP contribution in [-0.4, -0.2) is 41.0 Å². The van der Waals surface area contributed by atoms with Crippen LogP contribution in [0.3, 0.4) is 0 Å². The molecule has 1 saturated heterocycles. The summed E-state index contributed by atoms with van der Waals surface area (Å²) in [4.78, 5) is 35.5. The first-order valence-corrected chi connectivity index (χ1v) is 7.81. The maximum atomic E-state index is 12.0. The first kappa shape index (κ1) is 15.8. The lowest BCUT2D eigenvalue weighted by atomic mass is 9.68. The van der Waals surface area contributed by atoms with Gasteiger partial charge in [0.15, 0.2) is 0 Å². The summed E-state index contributed by atoms with van der Waals surface area (Å²) in [5.74, 6) is -1.55. The maximum Gasteiger partial charge on any atom is 0.324 e. The molecule has 2 N–H and O–H groups in total. The lowest BCUT2D eigenvalue weighted by Crippen LogP contribution is -2.49. The number of piperidine rings is 1. The number of imide groups is 1. The minimum absolute atomic E-state index is 0.154. The van der Waals surface area contributed by atoms with Crippen LogP contribution in [0.4, 0.5) is 4.79 Å². The predicted molar refractivity (Wildman–Crippen MR) is 76.7 cm³/mol. The fourth-order valence-electron chi connectivity index (χ4n) is 3.47. The van der Waals surface area contributed by atoms with Crippen molar-refractivity contribution in [2.24, 2.45) is 5.41 Å². The highest BCUT2D eigenvalue weighted by Gasteiger charge is 2.36. The normalized spacial score (nSPS) is 21.0. The van der Waals surface area contributed by atoms with Crippen LogP contribution in [0.5, 0.6) is 0 Å². The van der Waals surface area contributed by atoms with Crippen LogP contribution in [0.1, 0.15) is 57.8 Å². The lowest BCUT2D eigenvalue weighted by Gasteiger charge is -2.44. The van der Waals surface area contributed by atoms with Crippen LogP contribution in [-0.2, 0) is 9.59 Å². The number of carbonyl (C=O) groups excluding carboxylic acids is 2. The first-order chi connectivity index (χ1) is 10.0. The van der Waals surface area contributed by atoms with Crippen LogP contribution in [0, 0.1) is 5.41 Å². The van der Waals surface area contributed by atoms with Gasteiger partial charge in [0.1, 0.15) is 0 Å². The summed E-state index contributed by atoms with van der Waals surface area (Å²) < 4.78 is 0. The minimum atomic E-state index is -1.03. The van der Waals surface area contributed by atoms with Gasteiger partial charge in [-0.3, -0.25) is 14.9 Å². The third-order valence-corrected chi connectivity index (χ3v) is 4.84. The first-order valence-electron chi connectivity index (χ1n) is 7.81. The van der Waals surface area contributed by atoms with Gasteiger partial charge < -0.3 is 10.0 Å². The van der Waals surface area contributed by atoms with Gasteiger partial charge in [-0.1, -0.05) is 19.3 Å². The quantitative estimate of drug-likeness (QED) is 0.835. The van der Waals surface area contributed by atoms with E-state index in [0.717, 1.165) is 12.8 Å². The van der Waals surface area contributed by atoms with Crippen molar-refractivity contribution in [2.75, 3.05) is 13.1 Å². The Morgan fingerprint density at radius 2 is 1.57 bits per heavy atom. The zero-order chi connectivity index (χ0) is 15.3. The molecular formula is C15H24N2O4. The largest absolute Gasteiger partial charge is 0.481 e. The van der Waals surface area contributed by atoms with Crippen LogP contribution in [0.2, 0.25) is 0 Å². The molecule has 3 amide bonds. The standard InChI is InChI=1S/C15H24N2O4/c18-12(4-5-13(19)20)16-14(21)17-10-8-15(9-11-17)6-2-1-3-7-15/h1-11H2,(H,19,20)(H,16,18,21). The predicted octanol–water partition coefficient (Wildman–Crippen LogP) is 2.13. The molecule has 6 nitrogen and oxygen atoms in total. The molecule has 1 spiro atoms. The number of nitrogens with zero attached hydrogens (tertiary/aromatic N) is 1. The van der Waals surface area contributed by atoms with Crippen LogP contribution < -0.4 is 5.32 Å². The number of aliphatic carboxylic acids is 1. The van der Waals surface area contributed by atoms with E-state index in [4.69, 9.17) is 5.11 Å². The summed E-state index contributed by atoms with van der Waals surface area (Å²) >= 11 is 0. The fourth-order valence-corrected chi connectivity index (χ4v) is 3.47. The van der Waals surface area contributed by atoms with Gasteiger partial charge in [-0.05, 0) is 31.1 Å². The van der Waals surface area contributed by atoms with E-state index in [1.165, 1.54) is 32.1 Å². The molecule has 1 saturated carbocycles. The summed E-state index contributed by atoms with van der Waals surface area (Å²) in [7, 11) is 0. The summed E-state index contributed by atoms with van der Waals surface area (Å²) in [5, 5.41) is 10.8. The second-order valence-corrected chi connectivity index (χ2v) is 6.29. The molecule has 6 heteroatoms. The van der Waals surface area contributed by atoms with E-state index in [1.54, 1.807) is 4.90 Å². The van der Waals surface area contributed by atoms with Crippen LogP contribution >= 0.6 is 0 Å². The molecule has 21 heavy (non-hydrogen) atoms. The number of hydrogen-bond donors (Lipinski definition) is 2. The molecule has 0 atom stereocenters. The zero-order valence-corrected chi connectivity index (χ0v) is 12.4. The van der Waals surface area contributed by atoms with Crippen molar-refractivity contribution in [3.8, 4) is 0 Å². The molecule has 0 aromatic heterocycles. The van der Waals surface area contributed by atoms with Crippen LogP contribution in [0.15, 0.2) is 0 Å². The Bertz CT molecular complexity index is 406. The molecule has 0 radical (unpaired) electrons. The number of carbonyl (C=O) groups is 3. The molecule has 0 aromatic rings.